The first-order valence-corrected chi connectivity index (χ1v) is 7.56. The van der Waals surface area contributed by atoms with E-state index >= 15 is 0 Å². The predicted octanol–water partition coefficient (Wildman–Crippen LogP) is 3.93. The lowest BCUT2D eigenvalue weighted by Gasteiger charge is -2.20. The monoisotopic (exact) mass is 268 g/mol. The second-order valence-corrected chi connectivity index (χ2v) is 5.10. The Morgan fingerprint density at radius 2 is 1.85 bits per heavy atom. The second kappa shape index (κ2) is 7.81. The third-order valence-corrected chi connectivity index (χ3v) is 3.56. The summed E-state index contributed by atoms with van der Waals surface area (Å²) in [5.41, 5.74) is 3.90. The summed E-state index contributed by atoms with van der Waals surface area (Å²) in [7, 11) is 0. The van der Waals surface area contributed by atoms with Gasteiger partial charge in [0.15, 0.2) is 0 Å². The van der Waals surface area contributed by atoms with Crippen LogP contribution < -0.4 is 5.32 Å². The smallest absolute Gasteiger partial charge is 0.0608 e. The van der Waals surface area contributed by atoms with Gasteiger partial charge in [0.25, 0.3) is 0 Å². The van der Waals surface area contributed by atoms with Crippen LogP contribution >= 0.6 is 0 Å². The van der Waals surface area contributed by atoms with E-state index in [2.05, 4.69) is 60.5 Å². The van der Waals surface area contributed by atoms with Crippen LogP contribution in [0.25, 0.3) is 0 Å². The molecule has 0 saturated heterocycles. The van der Waals surface area contributed by atoms with Gasteiger partial charge in [0, 0.05) is 6.20 Å². The molecule has 0 bridgehead atoms. The van der Waals surface area contributed by atoms with Crippen LogP contribution in [0.3, 0.4) is 0 Å². The summed E-state index contributed by atoms with van der Waals surface area (Å²) < 4.78 is 0. The molecule has 0 radical (unpaired) electrons. The first kappa shape index (κ1) is 14.7. The third kappa shape index (κ3) is 3.91. The van der Waals surface area contributed by atoms with Crippen LogP contribution in [0.2, 0.25) is 0 Å². The van der Waals surface area contributed by atoms with Gasteiger partial charge in [-0.2, -0.15) is 0 Å². The van der Waals surface area contributed by atoms with Gasteiger partial charge in [0.1, 0.15) is 0 Å². The Morgan fingerprint density at radius 1 is 1.05 bits per heavy atom. The molecular formula is C18H24N2. The van der Waals surface area contributed by atoms with Crippen molar-refractivity contribution in [3.05, 3.63) is 65.5 Å². The van der Waals surface area contributed by atoms with Crippen LogP contribution in [-0.4, -0.2) is 11.5 Å². The number of aromatic nitrogens is 1. The minimum absolute atomic E-state index is 0.300. The lowest BCUT2D eigenvalue weighted by atomic mass is 9.98. The average Bonchev–Trinajstić information content (AvgIpc) is 2.52. The summed E-state index contributed by atoms with van der Waals surface area (Å²) >= 11 is 0. The van der Waals surface area contributed by atoms with Gasteiger partial charge >= 0.3 is 0 Å². The second-order valence-electron chi connectivity index (χ2n) is 5.10. The molecule has 0 amide bonds. The highest BCUT2D eigenvalue weighted by Crippen LogP contribution is 2.20. The average molecular weight is 268 g/mol. The molecule has 2 heteroatoms. The SMILES string of the molecule is CCCNC(Cc1ccccc1)c1ncccc1CC. The summed E-state index contributed by atoms with van der Waals surface area (Å²) in [6.07, 6.45) is 5.06. The largest absolute Gasteiger partial charge is 0.308 e. The molecule has 0 fully saturated rings. The number of pyridine rings is 1. The fraction of sp³-hybridized carbons (Fsp3) is 0.389. The molecule has 1 atom stereocenters. The Balaban J connectivity index is 2.22. The molecule has 0 aliphatic rings. The van der Waals surface area contributed by atoms with Crippen molar-refractivity contribution in [2.45, 2.75) is 39.2 Å². The number of benzene rings is 1. The normalized spacial score (nSPS) is 12.3. The Bertz CT molecular complexity index is 508. The molecule has 1 N–H and O–H groups in total. The lowest BCUT2D eigenvalue weighted by molar-refractivity contribution is 0.514. The van der Waals surface area contributed by atoms with Crippen LogP contribution in [-0.2, 0) is 12.8 Å². The molecule has 0 saturated carbocycles. The fourth-order valence-electron chi connectivity index (χ4n) is 2.50. The van der Waals surface area contributed by atoms with Gasteiger partial charge in [-0.05, 0) is 43.0 Å². The Morgan fingerprint density at radius 3 is 2.55 bits per heavy atom. The van der Waals surface area contributed by atoms with Gasteiger partial charge in [-0.25, -0.2) is 0 Å². The zero-order chi connectivity index (χ0) is 14.2. The van der Waals surface area contributed by atoms with Gasteiger partial charge in [0.05, 0.1) is 11.7 Å². The molecule has 0 aliphatic carbocycles. The number of aryl methyl sites for hydroxylation is 1. The minimum Gasteiger partial charge on any atom is -0.308 e. The van der Waals surface area contributed by atoms with Crippen molar-refractivity contribution >= 4 is 0 Å². The molecular weight excluding hydrogens is 244 g/mol. The molecule has 2 nitrogen and oxygen atoms in total. The molecule has 1 aromatic carbocycles. The summed E-state index contributed by atoms with van der Waals surface area (Å²) in [6, 6.07) is 15.2. The lowest BCUT2D eigenvalue weighted by Crippen LogP contribution is -2.26. The molecule has 2 aromatic rings. The molecule has 2 rings (SSSR count). The van der Waals surface area contributed by atoms with E-state index in [1.807, 2.05) is 12.3 Å². The molecule has 20 heavy (non-hydrogen) atoms. The number of nitrogens with zero attached hydrogens (tertiary/aromatic N) is 1. The highest BCUT2D eigenvalue weighted by Gasteiger charge is 2.15. The first-order valence-electron chi connectivity index (χ1n) is 7.56. The van der Waals surface area contributed by atoms with Crippen molar-refractivity contribution in [1.29, 1.82) is 0 Å². The first-order chi connectivity index (χ1) is 9.85. The van der Waals surface area contributed by atoms with E-state index in [4.69, 9.17) is 0 Å². The molecule has 1 aromatic heterocycles. The van der Waals surface area contributed by atoms with E-state index in [1.54, 1.807) is 0 Å². The van der Waals surface area contributed by atoms with Crippen LogP contribution in [0.15, 0.2) is 48.7 Å². The van der Waals surface area contributed by atoms with Crippen molar-refractivity contribution in [1.82, 2.24) is 10.3 Å². The standard InChI is InChI=1S/C18H24N2/c1-3-12-19-17(14-15-9-6-5-7-10-15)18-16(4-2)11-8-13-20-18/h5-11,13,17,19H,3-4,12,14H2,1-2H3. The summed E-state index contributed by atoms with van der Waals surface area (Å²) in [4.78, 5) is 4.64. The third-order valence-electron chi connectivity index (χ3n) is 3.56. The topological polar surface area (TPSA) is 24.9 Å². The summed E-state index contributed by atoms with van der Waals surface area (Å²) in [5.74, 6) is 0. The van der Waals surface area contributed by atoms with Crippen molar-refractivity contribution in [3.63, 3.8) is 0 Å². The maximum Gasteiger partial charge on any atom is 0.0608 e. The Kier molecular flexibility index (Phi) is 5.75. The van der Waals surface area contributed by atoms with E-state index in [0.717, 1.165) is 25.8 Å². The number of nitrogens with one attached hydrogen (secondary N) is 1. The summed E-state index contributed by atoms with van der Waals surface area (Å²) in [5, 5.41) is 3.65. The van der Waals surface area contributed by atoms with E-state index in [9.17, 15) is 0 Å². The molecule has 1 heterocycles. The van der Waals surface area contributed by atoms with E-state index in [0.29, 0.717) is 6.04 Å². The highest BCUT2D eigenvalue weighted by molar-refractivity contribution is 5.26. The fourth-order valence-corrected chi connectivity index (χ4v) is 2.50. The van der Waals surface area contributed by atoms with Gasteiger partial charge in [0.2, 0.25) is 0 Å². The van der Waals surface area contributed by atoms with Crippen LogP contribution in [0.4, 0.5) is 0 Å². The van der Waals surface area contributed by atoms with Crippen LogP contribution in [0.5, 0.6) is 0 Å². The molecule has 1 unspecified atom stereocenters. The number of hydrogen-bond donors (Lipinski definition) is 1. The Hall–Kier alpha value is -1.67. The van der Waals surface area contributed by atoms with E-state index in [-0.39, 0.29) is 0 Å². The Labute approximate surface area is 122 Å². The molecule has 106 valence electrons. The quantitative estimate of drug-likeness (QED) is 0.823. The molecule has 0 spiro atoms. The number of rotatable bonds is 7. The van der Waals surface area contributed by atoms with Gasteiger partial charge in [-0.3, -0.25) is 4.98 Å². The maximum atomic E-state index is 4.64. The van der Waals surface area contributed by atoms with E-state index < -0.39 is 0 Å². The van der Waals surface area contributed by atoms with Gasteiger partial charge in [-0.15, -0.1) is 0 Å². The van der Waals surface area contributed by atoms with Gasteiger partial charge in [-0.1, -0.05) is 50.2 Å². The predicted molar refractivity (Wildman–Crippen MR) is 84.8 cm³/mol. The van der Waals surface area contributed by atoms with Crippen LogP contribution in [0, 0.1) is 0 Å². The molecule has 0 aliphatic heterocycles. The minimum atomic E-state index is 0.300. The van der Waals surface area contributed by atoms with Crippen molar-refractivity contribution in [3.8, 4) is 0 Å². The zero-order valence-electron chi connectivity index (χ0n) is 12.5. The summed E-state index contributed by atoms with van der Waals surface area (Å²) in [6.45, 7) is 5.42. The van der Waals surface area contributed by atoms with Crippen molar-refractivity contribution in [2.75, 3.05) is 6.54 Å². The van der Waals surface area contributed by atoms with Crippen molar-refractivity contribution in [2.24, 2.45) is 0 Å². The van der Waals surface area contributed by atoms with Crippen molar-refractivity contribution < 1.29 is 0 Å². The van der Waals surface area contributed by atoms with Gasteiger partial charge < -0.3 is 5.32 Å². The highest BCUT2D eigenvalue weighted by atomic mass is 14.9. The van der Waals surface area contributed by atoms with Crippen LogP contribution in [0.1, 0.15) is 43.1 Å². The number of hydrogen-bond acceptors (Lipinski definition) is 2. The van der Waals surface area contributed by atoms with E-state index in [1.165, 1.54) is 16.8 Å². The zero-order valence-corrected chi connectivity index (χ0v) is 12.5. The maximum absolute atomic E-state index is 4.64.